The van der Waals surface area contributed by atoms with Gasteiger partial charge in [0.1, 0.15) is 6.33 Å². The summed E-state index contributed by atoms with van der Waals surface area (Å²) in [5.41, 5.74) is 1.50. The van der Waals surface area contributed by atoms with E-state index in [1.54, 1.807) is 10.6 Å². The van der Waals surface area contributed by atoms with Crippen LogP contribution in [0.3, 0.4) is 0 Å². The van der Waals surface area contributed by atoms with Gasteiger partial charge in [0.2, 0.25) is 0 Å². The Morgan fingerprint density at radius 1 is 1.47 bits per heavy atom. The highest BCUT2D eigenvalue weighted by Gasteiger charge is 2.37. The zero-order valence-corrected chi connectivity index (χ0v) is 11.1. The van der Waals surface area contributed by atoms with E-state index in [0.29, 0.717) is 12.3 Å². The molecule has 0 aliphatic carbocycles. The maximum Gasteiger partial charge on any atom is 0.261 e. The summed E-state index contributed by atoms with van der Waals surface area (Å²) in [4.78, 5) is 8.21. The van der Waals surface area contributed by atoms with Crippen LogP contribution >= 0.6 is 12.4 Å². The molecule has 1 aliphatic rings. The number of aromatic nitrogens is 4. The minimum absolute atomic E-state index is 0. The van der Waals surface area contributed by atoms with Gasteiger partial charge in [-0.05, 0) is 13.0 Å². The van der Waals surface area contributed by atoms with Crippen molar-refractivity contribution >= 4 is 18.2 Å². The van der Waals surface area contributed by atoms with Gasteiger partial charge in [-0.15, -0.1) is 12.4 Å². The molecule has 0 amide bonds. The van der Waals surface area contributed by atoms with Gasteiger partial charge in [-0.2, -0.15) is 10.1 Å². The molecule has 19 heavy (non-hydrogen) atoms. The largest absolute Gasteiger partial charge is 0.311 e. The van der Waals surface area contributed by atoms with E-state index in [1.165, 1.54) is 6.33 Å². The van der Waals surface area contributed by atoms with Crippen molar-refractivity contribution in [3.8, 4) is 0 Å². The molecular weight excluding hydrogens is 276 g/mol. The Kier molecular flexibility index (Phi) is 3.69. The van der Waals surface area contributed by atoms with Crippen LogP contribution in [0.2, 0.25) is 0 Å². The predicted octanol–water partition coefficient (Wildman–Crippen LogP) is 1.57. The van der Waals surface area contributed by atoms with Crippen LogP contribution in [0.5, 0.6) is 0 Å². The smallest absolute Gasteiger partial charge is 0.261 e. The summed E-state index contributed by atoms with van der Waals surface area (Å²) in [5.74, 6) is -2.49. The average Bonchev–Trinajstić information content (AvgIpc) is 2.74. The maximum absolute atomic E-state index is 13.4. The van der Waals surface area contributed by atoms with Crippen molar-refractivity contribution in [1.82, 2.24) is 24.9 Å². The summed E-state index contributed by atoms with van der Waals surface area (Å²) in [7, 11) is 0. The van der Waals surface area contributed by atoms with E-state index in [2.05, 4.69) is 20.4 Å². The van der Waals surface area contributed by atoms with Gasteiger partial charge >= 0.3 is 0 Å². The van der Waals surface area contributed by atoms with Crippen LogP contribution < -0.4 is 5.32 Å². The second-order valence-electron chi connectivity index (χ2n) is 4.68. The third-order valence-corrected chi connectivity index (χ3v) is 3.15. The van der Waals surface area contributed by atoms with Crippen LogP contribution in [0.1, 0.15) is 23.7 Å². The van der Waals surface area contributed by atoms with Gasteiger partial charge in [0.05, 0.1) is 12.2 Å². The van der Waals surface area contributed by atoms with Crippen molar-refractivity contribution in [2.45, 2.75) is 25.2 Å². The number of hydrogen-bond donors (Lipinski definition) is 1. The molecule has 2 aromatic heterocycles. The lowest BCUT2D eigenvalue weighted by Gasteiger charge is -2.30. The highest BCUT2D eigenvalue weighted by atomic mass is 35.5. The molecule has 1 aliphatic heterocycles. The Morgan fingerprint density at radius 3 is 3.00 bits per heavy atom. The summed E-state index contributed by atoms with van der Waals surface area (Å²) in [5, 5.41) is 6.82. The molecule has 3 heterocycles. The first-order chi connectivity index (χ1) is 8.55. The van der Waals surface area contributed by atoms with Gasteiger partial charge in [-0.3, -0.25) is 0 Å². The SMILES string of the molecule is Cc1cc(C2CNCC(F)(F)C2)n2ncnc2n1.Cl. The number of hydrogen-bond acceptors (Lipinski definition) is 4. The fraction of sp³-hybridized carbons (Fsp3) is 0.545. The highest BCUT2D eigenvalue weighted by molar-refractivity contribution is 5.85. The Morgan fingerprint density at radius 2 is 2.26 bits per heavy atom. The minimum Gasteiger partial charge on any atom is -0.311 e. The molecule has 0 bridgehead atoms. The quantitative estimate of drug-likeness (QED) is 0.866. The third kappa shape index (κ3) is 2.66. The van der Waals surface area contributed by atoms with Crippen LogP contribution in [-0.2, 0) is 0 Å². The molecule has 1 fully saturated rings. The highest BCUT2D eigenvalue weighted by Crippen LogP contribution is 2.32. The lowest BCUT2D eigenvalue weighted by atomic mass is 9.93. The number of piperidine rings is 1. The molecule has 2 aromatic rings. The van der Waals surface area contributed by atoms with Gasteiger partial charge in [-0.1, -0.05) is 0 Å². The summed E-state index contributed by atoms with van der Waals surface area (Å²) >= 11 is 0. The van der Waals surface area contributed by atoms with E-state index >= 15 is 0 Å². The van der Waals surface area contributed by atoms with Crippen LogP contribution in [0, 0.1) is 6.92 Å². The molecule has 0 aromatic carbocycles. The first kappa shape index (κ1) is 14.1. The number of aryl methyl sites for hydroxylation is 1. The topological polar surface area (TPSA) is 55.1 Å². The molecule has 104 valence electrons. The summed E-state index contributed by atoms with van der Waals surface area (Å²) < 4.78 is 28.4. The van der Waals surface area contributed by atoms with Crippen LogP contribution in [-0.4, -0.2) is 38.6 Å². The van der Waals surface area contributed by atoms with Crippen molar-refractivity contribution in [1.29, 1.82) is 0 Å². The molecular formula is C11H14ClF2N5. The molecule has 1 unspecified atom stereocenters. The molecule has 5 nitrogen and oxygen atoms in total. The van der Waals surface area contributed by atoms with Crippen molar-refractivity contribution in [3.05, 3.63) is 23.8 Å². The zero-order valence-electron chi connectivity index (χ0n) is 10.3. The van der Waals surface area contributed by atoms with E-state index < -0.39 is 5.92 Å². The van der Waals surface area contributed by atoms with Crippen LogP contribution in [0.4, 0.5) is 8.78 Å². The zero-order chi connectivity index (χ0) is 12.8. The first-order valence-electron chi connectivity index (χ1n) is 5.81. The van der Waals surface area contributed by atoms with E-state index in [-0.39, 0.29) is 31.3 Å². The van der Waals surface area contributed by atoms with E-state index in [4.69, 9.17) is 0 Å². The van der Waals surface area contributed by atoms with E-state index in [1.807, 2.05) is 6.92 Å². The Bertz CT molecular complexity index is 585. The number of nitrogens with one attached hydrogen (secondary N) is 1. The van der Waals surface area contributed by atoms with Crippen LogP contribution in [0.15, 0.2) is 12.4 Å². The third-order valence-electron chi connectivity index (χ3n) is 3.15. The van der Waals surface area contributed by atoms with Gasteiger partial charge in [0.25, 0.3) is 11.7 Å². The van der Waals surface area contributed by atoms with Gasteiger partial charge in [0, 0.05) is 24.6 Å². The standard InChI is InChI=1S/C11H13F2N5.ClH/c1-7-2-9(18-10(17-7)15-6-16-18)8-3-11(12,13)5-14-4-8;/h2,6,8,14H,3-5H2,1H3;1H. The van der Waals surface area contributed by atoms with Crippen molar-refractivity contribution in [2.24, 2.45) is 0 Å². The lowest BCUT2D eigenvalue weighted by molar-refractivity contribution is -0.0284. The van der Waals surface area contributed by atoms with Crippen molar-refractivity contribution < 1.29 is 8.78 Å². The Hall–Kier alpha value is -1.34. The van der Waals surface area contributed by atoms with Crippen molar-refractivity contribution in [2.75, 3.05) is 13.1 Å². The lowest BCUT2D eigenvalue weighted by Crippen LogP contribution is -2.43. The average molecular weight is 290 g/mol. The van der Waals surface area contributed by atoms with Crippen LogP contribution in [0.25, 0.3) is 5.78 Å². The molecule has 8 heteroatoms. The van der Waals surface area contributed by atoms with Gasteiger partial charge in [-0.25, -0.2) is 18.3 Å². The van der Waals surface area contributed by atoms with E-state index in [9.17, 15) is 8.78 Å². The molecule has 3 rings (SSSR count). The summed E-state index contributed by atoms with van der Waals surface area (Å²) in [6.07, 6.45) is 1.22. The molecule has 0 spiro atoms. The molecule has 0 saturated carbocycles. The van der Waals surface area contributed by atoms with Gasteiger partial charge in [0.15, 0.2) is 0 Å². The monoisotopic (exact) mass is 289 g/mol. The first-order valence-corrected chi connectivity index (χ1v) is 5.81. The Balaban J connectivity index is 0.00000133. The normalized spacial score (nSPS) is 22.2. The fourth-order valence-corrected chi connectivity index (χ4v) is 2.39. The van der Waals surface area contributed by atoms with Crippen molar-refractivity contribution in [3.63, 3.8) is 0 Å². The minimum atomic E-state index is -2.67. The second kappa shape index (κ2) is 4.97. The number of nitrogens with zero attached hydrogens (tertiary/aromatic N) is 4. The fourth-order valence-electron chi connectivity index (χ4n) is 2.39. The number of alkyl halides is 2. The van der Waals surface area contributed by atoms with Gasteiger partial charge < -0.3 is 5.32 Å². The maximum atomic E-state index is 13.4. The number of halogens is 3. The predicted molar refractivity (Wildman–Crippen MR) is 67.9 cm³/mol. The molecule has 1 N–H and O–H groups in total. The number of rotatable bonds is 1. The number of fused-ring (bicyclic) bond motifs is 1. The molecule has 1 saturated heterocycles. The molecule has 1 atom stereocenters. The summed E-state index contributed by atoms with van der Waals surface area (Å²) in [6.45, 7) is 2.09. The summed E-state index contributed by atoms with van der Waals surface area (Å²) in [6, 6.07) is 1.80. The molecule has 0 radical (unpaired) electrons. The van der Waals surface area contributed by atoms with E-state index in [0.717, 1.165) is 11.4 Å². The Labute approximate surface area is 114 Å². The second-order valence-corrected chi connectivity index (χ2v) is 4.68.